The molecular formula is C24H35N5O2S. The van der Waals surface area contributed by atoms with Gasteiger partial charge in [-0.25, -0.2) is 8.42 Å². The van der Waals surface area contributed by atoms with Gasteiger partial charge in [-0.1, -0.05) is 45.7 Å². The van der Waals surface area contributed by atoms with Crippen molar-refractivity contribution in [2.45, 2.75) is 56.8 Å². The molecule has 2 saturated heterocycles. The van der Waals surface area contributed by atoms with Crippen molar-refractivity contribution in [2.75, 3.05) is 49.1 Å². The third kappa shape index (κ3) is 5.07. The van der Waals surface area contributed by atoms with Crippen LogP contribution in [-0.4, -0.2) is 62.2 Å². The molecule has 7 nitrogen and oxygen atoms in total. The highest BCUT2D eigenvalue weighted by atomic mass is 32.2. The summed E-state index contributed by atoms with van der Waals surface area (Å²) in [5, 5.41) is 8.92. The van der Waals surface area contributed by atoms with Gasteiger partial charge in [-0.05, 0) is 48.1 Å². The first-order chi connectivity index (χ1) is 15.2. The second-order valence-electron chi connectivity index (χ2n) is 9.82. The minimum Gasteiger partial charge on any atom is -0.355 e. The van der Waals surface area contributed by atoms with E-state index in [9.17, 15) is 8.42 Å². The molecule has 0 amide bonds. The third-order valence-electron chi connectivity index (χ3n) is 6.49. The van der Waals surface area contributed by atoms with Crippen LogP contribution in [0.3, 0.4) is 0 Å². The molecule has 8 heteroatoms. The monoisotopic (exact) mass is 457 g/mol. The summed E-state index contributed by atoms with van der Waals surface area (Å²) in [4.78, 5) is 4.80. The first kappa shape index (κ1) is 23.0. The fourth-order valence-electron chi connectivity index (χ4n) is 4.39. The van der Waals surface area contributed by atoms with Gasteiger partial charge in [-0.15, -0.1) is 10.2 Å². The molecule has 4 rings (SSSR count). The van der Waals surface area contributed by atoms with E-state index in [2.05, 4.69) is 40.8 Å². The minimum atomic E-state index is -3.49. The topological polar surface area (TPSA) is 69.6 Å². The van der Waals surface area contributed by atoms with Gasteiger partial charge in [0, 0.05) is 39.3 Å². The van der Waals surface area contributed by atoms with Crippen molar-refractivity contribution in [1.82, 2.24) is 14.5 Å². The average Bonchev–Trinajstić information content (AvgIpc) is 3.08. The molecule has 1 aromatic heterocycles. The molecule has 0 radical (unpaired) electrons. The number of hydrogen-bond donors (Lipinski definition) is 0. The van der Waals surface area contributed by atoms with Crippen LogP contribution in [-0.2, 0) is 15.4 Å². The first-order valence-corrected chi connectivity index (χ1v) is 13.1. The molecule has 174 valence electrons. The summed E-state index contributed by atoms with van der Waals surface area (Å²) in [7, 11) is -3.49. The molecule has 0 bridgehead atoms. The number of piperazine rings is 1. The molecule has 0 aliphatic carbocycles. The van der Waals surface area contributed by atoms with Gasteiger partial charge >= 0.3 is 0 Å². The van der Waals surface area contributed by atoms with Gasteiger partial charge < -0.3 is 9.80 Å². The normalized spacial score (nSPS) is 19.1. The third-order valence-corrected chi connectivity index (χ3v) is 8.40. The second kappa shape index (κ2) is 9.35. The lowest BCUT2D eigenvalue weighted by Crippen LogP contribution is -2.49. The smallest absolute Gasteiger partial charge is 0.243 e. The molecule has 32 heavy (non-hydrogen) atoms. The van der Waals surface area contributed by atoms with Gasteiger partial charge in [0.1, 0.15) is 0 Å². The number of benzene rings is 1. The number of aromatic nitrogens is 2. The molecule has 2 aromatic rings. The Morgan fingerprint density at radius 1 is 0.688 bits per heavy atom. The van der Waals surface area contributed by atoms with Crippen molar-refractivity contribution < 1.29 is 8.42 Å². The van der Waals surface area contributed by atoms with E-state index in [1.54, 1.807) is 16.4 Å². The quantitative estimate of drug-likeness (QED) is 0.698. The summed E-state index contributed by atoms with van der Waals surface area (Å²) >= 11 is 0. The lowest BCUT2D eigenvalue weighted by atomic mass is 9.87. The highest BCUT2D eigenvalue weighted by Gasteiger charge is 2.29. The van der Waals surface area contributed by atoms with Crippen LogP contribution < -0.4 is 9.80 Å². The van der Waals surface area contributed by atoms with E-state index in [-0.39, 0.29) is 5.41 Å². The maximum Gasteiger partial charge on any atom is 0.243 e. The number of nitrogens with zero attached hydrogens (tertiary/aromatic N) is 5. The van der Waals surface area contributed by atoms with E-state index in [4.69, 9.17) is 0 Å². The molecule has 0 atom stereocenters. The van der Waals surface area contributed by atoms with Crippen LogP contribution in [0.15, 0.2) is 41.3 Å². The number of anilines is 2. The summed E-state index contributed by atoms with van der Waals surface area (Å²) in [6.45, 7) is 10.6. The predicted octanol–water partition coefficient (Wildman–Crippen LogP) is 3.67. The lowest BCUT2D eigenvalue weighted by Gasteiger charge is -2.34. The maximum absolute atomic E-state index is 13.1. The van der Waals surface area contributed by atoms with Crippen molar-refractivity contribution in [3.63, 3.8) is 0 Å². The van der Waals surface area contributed by atoms with Crippen LogP contribution in [0, 0.1) is 0 Å². The molecule has 0 spiro atoms. The van der Waals surface area contributed by atoms with Crippen molar-refractivity contribution in [2.24, 2.45) is 0 Å². The SMILES string of the molecule is CC(C)(C)c1ccc(S(=O)(=O)N2CCN(c3ccc(N4CCCCCC4)nn3)CC2)cc1. The van der Waals surface area contributed by atoms with Gasteiger partial charge in [-0.3, -0.25) is 0 Å². The standard InChI is InChI=1S/C24H35N5O2S/c1-24(2,3)20-8-10-21(11-9-20)32(30,31)29-18-16-28(17-19-29)23-13-12-22(25-26-23)27-14-6-4-5-7-15-27/h8-13H,4-7,14-19H2,1-3H3. The molecule has 3 heterocycles. The summed E-state index contributed by atoms with van der Waals surface area (Å²) in [5.74, 6) is 1.76. The van der Waals surface area contributed by atoms with E-state index >= 15 is 0 Å². The molecule has 2 aliphatic heterocycles. The van der Waals surface area contributed by atoms with Gasteiger partial charge in [-0.2, -0.15) is 4.31 Å². The Morgan fingerprint density at radius 3 is 1.66 bits per heavy atom. The van der Waals surface area contributed by atoms with Gasteiger partial charge in [0.2, 0.25) is 10.0 Å². The Bertz CT molecular complexity index is 984. The largest absolute Gasteiger partial charge is 0.355 e. The minimum absolute atomic E-state index is 0.00226. The summed E-state index contributed by atoms with van der Waals surface area (Å²) in [5.41, 5.74) is 1.13. The Kier molecular flexibility index (Phi) is 6.72. The van der Waals surface area contributed by atoms with E-state index in [0.29, 0.717) is 31.1 Å². The number of rotatable bonds is 4. The Labute approximate surface area is 192 Å². The summed E-state index contributed by atoms with van der Waals surface area (Å²) < 4.78 is 27.8. The molecule has 0 N–H and O–H groups in total. The number of sulfonamides is 1. The Hall–Kier alpha value is -2.19. The van der Waals surface area contributed by atoms with E-state index < -0.39 is 10.0 Å². The second-order valence-corrected chi connectivity index (χ2v) is 11.8. The van der Waals surface area contributed by atoms with Crippen molar-refractivity contribution in [3.8, 4) is 0 Å². The molecular weight excluding hydrogens is 422 g/mol. The lowest BCUT2D eigenvalue weighted by molar-refractivity contribution is 0.383. The number of hydrogen-bond acceptors (Lipinski definition) is 6. The first-order valence-electron chi connectivity index (χ1n) is 11.7. The van der Waals surface area contributed by atoms with Crippen LogP contribution in [0.5, 0.6) is 0 Å². The molecule has 2 aliphatic rings. The van der Waals surface area contributed by atoms with Gasteiger partial charge in [0.25, 0.3) is 0 Å². The molecule has 2 fully saturated rings. The molecule has 1 aromatic carbocycles. The maximum atomic E-state index is 13.1. The van der Waals surface area contributed by atoms with Crippen LogP contribution in [0.2, 0.25) is 0 Å². The van der Waals surface area contributed by atoms with Crippen molar-refractivity contribution in [3.05, 3.63) is 42.0 Å². The zero-order valence-corrected chi connectivity index (χ0v) is 20.3. The summed E-state index contributed by atoms with van der Waals surface area (Å²) in [6, 6.07) is 11.4. The fraction of sp³-hybridized carbons (Fsp3) is 0.583. The fourth-order valence-corrected chi connectivity index (χ4v) is 5.81. The van der Waals surface area contributed by atoms with Crippen LogP contribution in [0.25, 0.3) is 0 Å². The van der Waals surface area contributed by atoms with Crippen molar-refractivity contribution >= 4 is 21.7 Å². The Morgan fingerprint density at radius 2 is 1.19 bits per heavy atom. The van der Waals surface area contributed by atoms with Crippen LogP contribution >= 0.6 is 0 Å². The molecule has 0 unspecified atom stereocenters. The highest BCUT2D eigenvalue weighted by molar-refractivity contribution is 7.89. The van der Waals surface area contributed by atoms with Crippen LogP contribution in [0.1, 0.15) is 52.0 Å². The van der Waals surface area contributed by atoms with E-state index in [1.807, 2.05) is 24.3 Å². The average molecular weight is 458 g/mol. The van der Waals surface area contributed by atoms with Crippen molar-refractivity contribution in [1.29, 1.82) is 0 Å². The summed E-state index contributed by atoms with van der Waals surface area (Å²) in [6.07, 6.45) is 4.99. The Balaban J connectivity index is 1.38. The van der Waals surface area contributed by atoms with E-state index in [0.717, 1.165) is 30.3 Å². The van der Waals surface area contributed by atoms with Gasteiger partial charge in [0.05, 0.1) is 4.90 Å². The van der Waals surface area contributed by atoms with Gasteiger partial charge in [0.15, 0.2) is 11.6 Å². The van der Waals surface area contributed by atoms with E-state index in [1.165, 1.54) is 25.7 Å². The predicted molar refractivity (Wildman–Crippen MR) is 129 cm³/mol. The zero-order chi connectivity index (χ0) is 22.8. The van der Waals surface area contributed by atoms with Crippen LogP contribution in [0.4, 0.5) is 11.6 Å². The highest BCUT2D eigenvalue weighted by Crippen LogP contribution is 2.26. The molecule has 0 saturated carbocycles. The zero-order valence-electron chi connectivity index (χ0n) is 19.5.